The third-order valence-electron chi connectivity index (χ3n) is 3.06. The van der Waals surface area contributed by atoms with Gasteiger partial charge in [0, 0.05) is 16.0 Å². The summed E-state index contributed by atoms with van der Waals surface area (Å²) in [4.78, 5) is 34.2. The number of carbonyl (C=O) groups is 2. The highest BCUT2D eigenvalue weighted by Crippen LogP contribution is 2.38. The number of ether oxygens (including phenoxy) is 1. The minimum Gasteiger partial charge on any atom is -0.478 e. The molecular formula is C16H12ClNO6S. The summed E-state index contributed by atoms with van der Waals surface area (Å²) in [5.74, 6) is -1.85. The molecule has 2 rings (SSSR count). The first-order valence-corrected chi connectivity index (χ1v) is 8.19. The first-order chi connectivity index (χ1) is 11.8. The lowest BCUT2D eigenvalue weighted by molar-refractivity contribution is -0.387. The van der Waals surface area contributed by atoms with E-state index in [2.05, 4.69) is 0 Å². The summed E-state index contributed by atoms with van der Waals surface area (Å²) < 4.78 is 4.82. The largest absolute Gasteiger partial charge is 0.478 e. The van der Waals surface area contributed by atoms with Crippen LogP contribution in [0.4, 0.5) is 5.69 Å². The predicted octanol–water partition coefficient (Wildman–Crippen LogP) is 4.27. The van der Waals surface area contributed by atoms with E-state index in [0.717, 1.165) is 17.8 Å². The number of esters is 1. The molecule has 2 aromatic carbocycles. The number of aromatic carboxylic acids is 1. The van der Waals surface area contributed by atoms with E-state index >= 15 is 0 Å². The number of halogens is 1. The maximum Gasteiger partial charge on any atom is 0.338 e. The topological polar surface area (TPSA) is 107 Å². The molecular weight excluding hydrogens is 370 g/mol. The van der Waals surface area contributed by atoms with Crippen molar-refractivity contribution in [2.24, 2.45) is 0 Å². The van der Waals surface area contributed by atoms with Crippen molar-refractivity contribution in [3.63, 3.8) is 0 Å². The van der Waals surface area contributed by atoms with E-state index in [1.807, 2.05) is 0 Å². The molecule has 130 valence electrons. The Morgan fingerprint density at radius 1 is 1.24 bits per heavy atom. The molecule has 0 bridgehead atoms. The van der Waals surface area contributed by atoms with Gasteiger partial charge >= 0.3 is 11.9 Å². The fourth-order valence-corrected chi connectivity index (χ4v) is 3.26. The third-order valence-corrected chi connectivity index (χ3v) is 4.42. The number of hydrogen-bond donors (Lipinski definition) is 1. The SMILES string of the molecule is CCOC(=O)c1ccc(Sc2cc(Cl)ccc2C(=O)O)c([N+](=O)[O-])c1. The Labute approximate surface area is 151 Å². The zero-order valence-electron chi connectivity index (χ0n) is 12.9. The lowest BCUT2D eigenvalue weighted by Crippen LogP contribution is -2.05. The van der Waals surface area contributed by atoms with Crippen LogP contribution in [0, 0.1) is 10.1 Å². The second-order valence-corrected chi connectivity index (χ2v) is 6.23. The average Bonchev–Trinajstić information content (AvgIpc) is 2.55. The molecule has 0 aliphatic carbocycles. The van der Waals surface area contributed by atoms with Gasteiger partial charge in [-0.25, -0.2) is 9.59 Å². The number of carbonyl (C=O) groups excluding carboxylic acids is 1. The summed E-state index contributed by atoms with van der Waals surface area (Å²) in [5, 5.41) is 20.9. The van der Waals surface area contributed by atoms with E-state index in [1.54, 1.807) is 6.92 Å². The Bertz CT molecular complexity index is 855. The molecule has 0 radical (unpaired) electrons. The number of hydrogen-bond acceptors (Lipinski definition) is 6. The number of benzene rings is 2. The Morgan fingerprint density at radius 2 is 1.96 bits per heavy atom. The fraction of sp³-hybridized carbons (Fsp3) is 0.125. The van der Waals surface area contributed by atoms with Gasteiger partial charge in [-0.15, -0.1) is 0 Å². The van der Waals surface area contributed by atoms with E-state index in [1.165, 1.54) is 30.3 Å². The van der Waals surface area contributed by atoms with Crippen LogP contribution in [0.3, 0.4) is 0 Å². The quantitative estimate of drug-likeness (QED) is 0.452. The zero-order chi connectivity index (χ0) is 18.6. The van der Waals surface area contributed by atoms with Crippen LogP contribution in [-0.4, -0.2) is 28.6 Å². The number of rotatable bonds is 6. The summed E-state index contributed by atoms with van der Waals surface area (Å²) in [5.41, 5.74) is -0.313. The van der Waals surface area contributed by atoms with Crippen molar-refractivity contribution >= 4 is 41.0 Å². The molecule has 0 heterocycles. The van der Waals surface area contributed by atoms with Crippen LogP contribution < -0.4 is 0 Å². The second kappa shape index (κ2) is 8.00. The van der Waals surface area contributed by atoms with Crippen molar-refractivity contribution in [2.45, 2.75) is 16.7 Å². The van der Waals surface area contributed by atoms with Crippen LogP contribution in [0.2, 0.25) is 5.02 Å². The normalized spacial score (nSPS) is 10.3. The van der Waals surface area contributed by atoms with E-state index in [9.17, 15) is 24.8 Å². The van der Waals surface area contributed by atoms with Gasteiger partial charge in [-0.1, -0.05) is 23.4 Å². The van der Waals surface area contributed by atoms with Gasteiger partial charge in [0.05, 0.1) is 27.6 Å². The molecule has 25 heavy (non-hydrogen) atoms. The second-order valence-electron chi connectivity index (χ2n) is 4.71. The molecule has 0 aromatic heterocycles. The molecule has 1 N–H and O–H groups in total. The van der Waals surface area contributed by atoms with Crippen LogP contribution in [0.15, 0.2) is 46.2 Å². The molecule has 9 heteroatoms. The number of nitrogens with zero attached hydrogens (tertiary/aromatic N) is 1. The molecule has 0 amide bonds. The van der Waals surface area contributed by atoms with E-state index in [4.69, 9.17) is 16.3 Å². The number of carboxylic acids is 1. The molecule has 0 saturated carbocycles. The molecule has 0 aliphatic heterocycles. The van der Waals surface area contributed by atoms with Crippen LogP contribution >= 0.6 is 23.4 Å². The highest BCUT2D eigenvalue weighted by Gasteiger charge is 2.21. The van der Waals surface area contributed by atoms with Crippen molar-refractivity contribution in [3.8, 4) is 0 Å². The van der Waals surface area contributed by atoms with Crippen molar-refractivity contribution in [1.29, 1.82) is 0 Å². The lowest BCUT2D eigenvalue weighted by atomic mass is 10.2. The lowest BCUT2D eigenvalue weighted by Gasteiger charge is -2.08. The first kappa shape index (κ1) is 18.8. The fourth-order valence-electron chi connectivity index (χ4n) is 1.96. The third kappa shape index (κ3) is 4.49. The molecule has 2 aromatic rings. The number of nitro benzene ring substituents is 1. The van der Waals surface area contributed by atoms with E-state index in [-0.39, 0.29) is 33.2 Å². The Balaban J connectivity index is 2.47. The van der Waals surface area contributed by atoms with Crippen LogP contribution in [0.5, 0.6) is 0 Å². The van der Waals surface area contributed by atoms with Gasteiger partial charge in [0.25, 0.3) is 5.69 Å². The summed E-state index contributed by atoms with van der Waals surface area (Å²) >= 11 is 6.78. The Kier molecular flexibility index (Phi) is 6.00. The molecule has 7 nitrogen and oxygen atoms in total. The monoisotopic (exact) mass is 381 g/mol. The summed E-state index contributed by atoms with van der Waals surface area (Å²) in [7, 11) is 0. The van der Waals surface area contributed by atoms with Gasteiger partial charge in [0.15, 0.2) is 0 Å². The van der Waals surface area contributed by atoms with E-state index < -0.39 is 16.9 Å². The summed E-state index contributed by atoms with van der Waals surface area (Å²) in [6, 6.07) is 8.03. The molecule has 0 unspecified atom stereocenters. The van der Waals surface area contributed by atoms with Crippen LogP contribution in [0.25, 0.3) is 0 Å². The molecule has 0 aliphatic rings. The standard InChI is InChI=1S/C16H12ClNO6S/c1-2-24-16(21)9-3-6-13(12(7-9)18(22)23)25-14-8-10(17)4-5-11(14)15(19)20/h3-8H,2H2,1H3,(H,19,20). The minimum absolute atomic E-state index is 0.0295. The zero-order valence-corrected chi connectivity index (χ0v) is 14.5. The van der Waals surface area contributed by atoms with Crippen molar-refractivity contribution in [3.05, 3.63) is 62.7 Å². The summed E-state index contributed by atoms with van der Waals surface area (Å²) in [6.07, 6.45) is 0. The van der Waals surface area contributed by atoms with Gasteiger partial charge in [0.2, 0.25) is 0 Å². The highest BCUT2D eigenvalue weighted by molar-refractivity contribution is 7.99. The molecule has 0 spiro atoms. The molecule has 0 fully saturated rings. The maximum atomic E-state index is 11.7. The van der Waals surface area contributed by atoms with Gasteiger partial charge in [0.1, 0.15) is 0 Å². The van der Waals surface area contributed by atoms with Crippen molar-refractivity contribution < 1.29 is 24.4 Å². The molecule has 0 saturated heterocycles. The van der Waals surface area contributed by atoms with E-state index in [0.29, 0.717) is 5.02 Å². The van der Waals surface area contributed by atoms with Crippen molar-refractivity contribution in [2.75, 3.05) is 6.61 Å². The van der Waals surface area contributed by atoms with Gasteiger partial charge in [-0.3, -0.25) is 10.1 Å². The highest BCUT2D eigenvalue weighted by atomic mass is 35.5. The van der Waals surface area contributed by atoms with Gasteiger partial charge in [-0.05, 0) is 37.3 Å². The Hall–Kier alpha value is -2.58. The first-order valence-electron chi connectivity index (χ1n) is 6.99. The maximum absolute atomic E-state index is 11.7. The van der Waals surface area contributed by atoms with Crippen LogP contribution in [0.1, 0.15) is 27.6 Å². The Morgan fingerprint density at radius 3 is 2.56 bits per heavy atom. The van der Waals surface area contributed by atoms with Crippen molar-refractivity contribution in [1.82, 2.24) is 0 Å². The van der Waals surface area contributed by atoms with Gasteiger partial charge in [-0.2, -0.15) is 0 Å². The molecule has 0 atom stereocenters. The number of carboxylic acid groups (broad SMARTS) is 1. The van der Waals surface area contributed by atoms with Crippen LogP contribution in [-0.2, 0) is 4.74 Å². The smallest absolute Gasteiger partial charge is 0.338 e. The van der Waals surface area contributed by atoms with Gasteiger partial charge < -0.3 is 9.84 Å². The minimum atomic E-state index is -1.18. The summed E-state index contributed by atoms with van der Waals surface area (Å²) in [6.45, 7) is 1.77. The average molecular weight is 382 g/mol. The number of nitro groups is 1. The predicted molar refractivity (Wildman–Crippen MR) is 91.6 cm³/mol.